The van der Waals surface area contributed by atoms with Gasteiger partial charge in [0.1, 0.15) is 0 Å². The highest BCUT2D eigenvalue weighted by atomic mass is 16.5. The maximum Gasteiger partial charge on any atom is 0.0900 e. The second-order valence-corrected chi connectivity index (χ2v) is 5.38. The molecule has 18 heavy (non-hydrogen) atoms. The molecule has 0 aromatic carbocycles. The second kappa shape index (κ2) is 9.73. The number of rotatable bonds is 9. The number of nitrogens with zero attached hydrogens (tertiary/aromatic N) is 1. The minimum absolute atomic E-state index is 0.331. The molecule has 1 saturated heterocycles. The van der Waals surface area contributed by atoms with E-state index in [1.807, 2.05) is 7.05 Å². The fraction of sp³-hybridized carbons (Fsp3) is 1.00. The van der Waals surface area contributed by atoms with Gasteiger partial charge >= 0.3 is 0 Å². The summed E-state index contributed by atoms with van der Waals surface area (Å²) in [5.74, 6) is 0.809. The molecule has 4 heteroatoms. The van der Waals surface area contributed by atoms with Crippen LogP contribution < -0.4 is 5.32 Å². The normalized spacial score (nSPS) is 20.2. The quantitative estimate of drug-likeness (QED) is 0.608. The number of aliphatic hydroxyl groups is 1. The van der Waals surface area contributed by atoms with Gasteiger partial charge in [0.05, 0.1) is 12.7 Å². The predicted molar refractivity (Wildman–Crippen MR) is 74.8 cm³/mol. The number of aliphatic hydroxyl groups excluding tert-OH is 1. The minimum atomic E-state index is -0.331. The average Bonchev–Trinajstić information content (AvgIpc) is 2.37. The van der Waals surface area contributed by atoms with Gasteiger partial charge in [-0.25, -0.2) is 0 Å². The first-order valence-electron chi connectivity index (χ1n) is 7.39. The largest absolute Gasteiger partial charge is 0.389 e. The molecular weight excluding hydrogens is 228 g/mol. The van der Waals surface area contributed by atoms with Gasteiger partial charge in [0.25, 0.3) is 0 Å². The van der Waals surface area contributed by atoms with Crippen LogP contribution in [0.4, 0.5) is 0 Å². The van der Waals surface area contributed by atoms with E-state index in [2.05, 4.69) is 17.1 Å². The number of β-amino-alcohol motifs (C(OH)–C–C–N with tert-alkyl or cyclic N) is 1. The molecule has 1 atom stereocenters. The molecule has 0 aliphatic carbocycles. The lowest BCUT2D eigenvalue weighted by atomic mass is 9.97. The number of ether oxygens (including phenoxy) is 1. The van der Waals surface area contributed by atoms with Crippen molar-refractivity contribution in [2.75, 3.05) is 46.4 Å². The molecule has 2 N–H and O–H groups in total. The van der Waals surface area contributed by atoms with Gasteiger partial charge in [-0.3, -0.25) is 0 Å². The van der Waals surface area contributed by atoms with E-state index in [9.17, 15) is 5.11 Å². The molecule has 0 saturated carbocycles. The first-order chi connectivity index (χ1) is 8.76. The zero-order valence-electron chi connectivity index (χ0n) is 12.0. The summed E-state index contributed by atoms with van der Waals surface area (Å²) in [6, 6.07) is 0. The Hall–Kier alpha value is -0.160. The van der Waals surface area contributed by atoms with Crippen LogP contribution in [0.3, 0.4) is 0 Å². The van der Waals surface area contributed by atoms with E-state index >= 15 is 0 Å². The van der Waals surface area contributed by atoms with Crippen molar-refractivity contribution in [2.45, 2.75) is 38.7 Å². The summed E-state index contributed by atoms with van der Waals surface area (Å²) in [7, 11) is 2.02. The molecule has 0 amide bonds. The maximum atomic E-state index is 9.89. The lowest BCUT2D eigenvalue weighted by Crippen LogP contribution is -2.41. The van der Waals surface area contributed by atoms with E-state index in [1.54, 1.807) is 0 Å². The average molecular weight is 258 g/mol. The molecule has 0 aromatic rings. The summed E-state index contributed by atoms with van der Waals surface area (Å²) in [6.07, 6.45) is 4.38. The molecule has 0 aromatic heterocycles. The molecule has 1 aliphatic heterocycles. The second-order valence-electron chi connectivity index (χ2n) is 5.38. The van der Waals surface area contributed by atoms with Gasteiger partial charge in [-0.2, -0.15) is 0 Å². The Labute approximate surface area is 112 Å². The van der Waals surface area contributed by atoms with E-state index in [1.165, 1.54) is 12.8 Å². The van der Waals surface area contributed by atoms with Crippen molar-refractivity contribution >= 4 is 0 Å². The summed E-state index contributed by atoms with van der Waals surface area (Å²) in [6.45, 7) is 7.51. The fourth-order valence-corrected chi connectivity index (χ4v) is 2.48. The minimum Gasteiger partial charge on any atom is -0.389 e. The molecule has 1 aliphatic rings. The zero-order valence-corrected chi connectivity index (χ0v) is 12.0. The zero-order chi connectivity index (χ0) is 13.2. The lowest BCUT2D eigenvalue weighted by molar-refractivity contribution is 0.01000. The molecule has 1 heterocycles. The summed E-state index contributed by atoms with van der Waals surface area (Å²) >= 11 is 0. The van der Waals surface area contributed by atoms with Gasteiger partial charge in [0, 0.05) is 13.2 Å². The number of likely N-dealkylation sites (tertiary alicyclic amines) is 1. The Morgan fingerprint density at radius 3 is 2.72 bits per heavy atom. The Kier molecular flexibility index (Phi) is 8.59. The van der Waals surface area contributed by atoms with Gasteiger partial charge < -0.3 is 20.1 Å². The van der Waals surface area contributed by atoms with Crippen LogP contribution >= 0.6 is 0 Å². The van der Waals surface area contributed by atoms with Gasteiger partial charge in [0.15, 0.2) is 0 Å². The highest BCUT2D eigenvalue weighted by molar-refractivity contribution is 4.75. The fourth-order valence-electron chi connectivity index (χ4n) is 2.48. The predicted octanol–water partition coefficient (Wildman–Crippen LogP) is 1.10. The van der Waals surface area contributed by atoms with Crippen LogP contribution in [0, 0.1) is 5.92 Å². The number of piperidine rings is 1. The third-order valence-corrected chi connectivity index (χ3v) is 3.62. The van der Waals surface area contributed by atoms with E-state index in [4.69, 9.17) is 4.74 Å². The topological polar surface area (TPSA) is 44.7 Å². The number of hydrogen-bond donors (Lipinski definition) is 2. The SMILES string of the molecule is CCCCOCC(O)CN1CCC(CNC)CC1. The van der Waals surface area contributed by atoms with Gasteiger partial charge in [-0.1, -0.05) is 13.3 Å². The monoisotopic (exact) mass is 258 g/mol. The molecule has 4 nitrogen and oxygen atoms in total. The number of nitrogens with one attached hydrogen (secondary N) is 1. The van der Waals surface area contributed by atoms with Crippen molar-refractivity contribution in [2.24, 2.45) is 5.92 Å². The Balaban J connectivity index is 2.05. The van der Waals surface area contributed by atoms with E-state index in [0.29, 0.717) is 6.61 Å². The highest BCUT2D eigenvalue weighted by Gasteiger charge is 2.20. The van der Waals surface area contributed by atoms with Crippen molar-refractivity contribution in [1.82, 2.24) is 10.2 Å². The van der Waals surface area contributed by atoms with Gasteiger partial charge in [-0.05, 0) is 51.9 Å². The van der Waals surface area contributed by atoms with Crippen LogP contribution in [-0.4, -0.2) is 62.6 Å². The summed E-state index contributed by atoms with van der Waals surface area (Å²) in [5, 5.41) is 13.1. The highest BCUT2D eigenvalue weighted by Crippen LogP contribution is 2.16. The molecular formula is C14H30N2O2. The first-order valence-corrected chi connectivity index (χ1v) is 7.39. The van der Waals surface area contributed by atoms with E-state index in [-0.39, 0.29) is 6.10 Å². The summed E-state index contributed by atoms with van der Waals surface area (Å²) < 4.78 is 5.45. The van der Waals surface area contributed by atoms with Crippen LogP contribution in [0.1, 0.15) is 32.6 Å². The molecule has 0 radical (unpaired) electrons. The molecule has 1 rings (SSSR count). The van der Waals surface area contributed by atoms with Crippen LogP contribution in [0.5, 0.6) is 0 Å². The molecule has 1 fully saturated rings. The van der Waals surface area contributed by atoms with E-state index in [0.717, 1.165) is 51.5 Å². The van der Waals surface area contributed by atoms with Crippen LogP contribution in [0.25, 0.3) is 0 Å². The maximum absolute atomic E-state index is 9.89. The molecule has 108 valence electrons. The molecule has 0 spiro atoms. The third-order valence-electron chi connectivity index (χ3n) is 3.62. The first kappa shape index (κ1) is 15.9. The number of unbranched alkanes of at least 4 members (excludes halogenated alkanes) is 1. The lowest BCUT2D eigenvalue weighted by Gasteiger charge is -2.33. The standard InChI is InChI=1S/C14H30N2O2/c1-3-4-9-18-12-14(17)11-16-7-5-13(6-8-16)10-15-2/h13-15,17H,3-12H2,1-2H3. The van der Waals surface area contributed by atoms with Crippen LogP contribution in [0.2, 0.25) is 0 Å². The van der Waals surface area contributed by atoms with Crippen molar-refractivity contribution in [1.29, 1.82) is 0 Å². The van der Waals surface area contributed by atoms with Gasteiger partial charge in [-0.15, -0.1) is 0 Å². The Morgan fingerprint density at radius 2 is 2.11 bits per heavy atom. The van der Waals surface area contributed by atoms with Gasteiger partial charge in [0.2, 0.25) is 0 Å². The summed E-state index contributed by atoms with van der Waals surface area (Å²) in [4.78, 5) is 2.36. The Bertz CT molecular complexity index is 194. The van der Waals surface area contributed by atoms with Crippen molar-refractivity contribution < 1.29 is 9.84 Å². The van der Waals surface area contributed by atoms with E-state index < -0.39 is 0 Å². The van der Waals surface area contributed by atoms with Crippen LogP contribution in [0.15, 0.2) is 0 Å². The number of hydrogen-bond acceptors (Lipinski definition) is 4. The third kappa shape index (κ3) is 6.69. The molecule has 1 unspecified atom stereocenters. The molecule has 0 bridgehead atoms. The Morgan fingerprint density at radius 1 is 1.39 bits per heavy atom. The summed E-state index contributed by atoms with van der Waals surface area (Å²) in [5.41, 5.74) is 0. The van der Waals surface area contributed by atoms with Crippen molar-refractivity contribution in [3.63, 3.8) is 0 Å². The smallest absolute Gasteiger partial charge is 0.0900 e. The van der Waals surface area contributed by atoms with Crippen molar-refractivity contribution in [3.05, 3.63) is 0 Å². The van der Waals surface area contributed by atoms with Crippen LogP contribution in [-0.2, 0) is 4.74 Å². The van der Waals surface area contributed by atoms with Crippen molar-refractivity contribution in [3.8, 4) is 0 Å².